The highest BCUT2D eigenvalue weighted by molar-refractivity contribution is 4.77. The van der Waals surface area contributed by atoms with Crippen molar-refractivity contribution in [2.45, 2.75) is 59.4 Å². The Labute approximate surface area is 108 Å². The molecule has 0 bridgehead atoms. The zero-order valence-corrected chi connectivity index (χ0v) is 12.3. The molecular weight excluding hydrogens is 208 g/mol. The molecule has 0 amide bonds. The van der Waals surface area contributed by atoms with Crippen LogP contribution in [0, 0.1) is 11.8 Å². The van der Waals surface area contributed by atoms with Gasteiger partial charge in [0, 0.05) is 25.7 Å². The second-order valence-electron chi connectivity index (χ2n) is 6.31. The summed E-state index contributed by atoms with van der Waals surface area (Å²) in [6, 6.07) is 0.795. The van der Waals surface area contributed by atoms with E-state index in [2.05, 4.69) is 37.9 Å². The molecule has 1 saturated heterocycles. The molecule has 0 aromatic heterocycles. The number of nitrogens with one attached hydrogen (secondary N) is 1. The van der Waals surface area contributed by atoms with Crippen LogP contribution >= 0.6 is 0 Å². The van der Waals surface area contributed by atoms with Gasteiger partial charge in [0.1, 0.15) is 0 Å². The summed E-state index contributed by atoms with van der Waals surface area (Å²) < 4.78 is 0. The SMILES string of the molecule is CC(C)CCCNCCN1CC(C)CCC1C. The number of piperidine rings is 1. The fourth-order valence-corrected chi connectivity index (χ4v) is 2.67. The molecule has 0 aromatic rings. The Hall–Kier alpha value is -0.0800. The molecule has 2 nitrogen and oxygen atoms in total. The lowest BCUT2D eigenvalue weighted by Crippen LogP contribution is -2.44. The molecule has 0 radical (unpaired) electrons. The largest absolute Gasteiger partial charge is 0.315 e. The van der Waals surface area contributed by atoms with Gasteiger partial charge in [0.05, 0.1) is 0 Å². The van der Waals surface area contributed by atoms with Gasteiger partial charge in [-0.3, -0.25) is 4.90 Å². The molecule has 1 heterocycles. The maximum atomic E-state index is 3.58. The molecule has 2 atom stereocenters. The molecule has 1 fully saturated rings. The van der Waals surface area contributed by atoms with Crippen molar-refractivity contribution in [3.05, 3.63) is 0 Å². The van der Waals surface area contributed by atoms with Crippen LogP contribution in [0.3, 0.4) is 0 Å². The summed E-state index contributed by atoms with van der Waals surface area (Å²) in [7, 11) is 0. The van der Waals surface area contributed by atoms with E-state index in [-0.39, 0.29) is 0 Å². The van der Waals surface area contributed by atoms with Crippen LogP contribution in [0.15, 0.2) is 0 Å². The van der Waals surface area contributed by atoms with Crippen molar-refractivity contribution in [1.29, 1.82) is 0 Å². The minimum absolute atomic E-state index is 0.795. The summed E-state index contributed by atoms with van der Waals surface area (Å²) in [6.45, 7) is 14.3. The van der Waals surface area contributed by atoms with Crippen molar-refractivity contribution in [2.24, 2.45) is 11.8 Å². The van der Waals surface area contributed by atoms with Crippen molar-refractivity contribution in [2.75, 3.05) is 26.2 Å². The van der Waals surface area contributed by atoms with Crippen LogP contribution in [-0.4, -0.2) is 37.1 Å². The maximum absolute atomic E-state index is 3.58. The van der Waals surface area contributed by atoms with E-state index in [9.17, 15) is 0 Å². The normalized spacial score (nSPS) is 26.6. The number of likely N-dealkylation sites (tertiary alicyclic amines) is 1. The number of hydrogen-bond acceptors (Lipinski definition) is 2. The molecule has 2 heteroatoms. The molecular formula is C15H32N2. The van der Waals surface area contributed by atoms with Crippen molar-refractivity contribution >= 4 is 0 Å². The van der Waals surface area contributed by atoms with Crippen LogP contribution in [0.25, 0.3) is 0 Å². The number of nitrogens with zero attached hydrogens (tertiary/aromatic N) is 1. The lowest BCUT2D eigenvalue weighted by molar-refractivity contribution is 0.126. The standard InChI is InChI=1S/C15H32N2/c1-13(2)6-5-9-16-10-11-17-12-14(3)7-8-15(17)4/h13-16H,5-12H2,1-4H3. The van der Waals surface area contributed by atoms with Gasteiger partial charge in [-0.1, -0.05) is 20.8 Å². The Morgan fingerprint density at radius 2 is 1.94 bits per heavy atom. The molecule has 0 spiro atoms. The van der Waals surface area contributed by atoms with Crippen LogP contribution < -0.4 is 5.32 Å². The molecule has 0 aromatic carbocycles. The third kappa shape index (κ3) is 6.42. The Morgan fingerprint density at radius 3 is 2.65 bits per heavy atom. The monoisotopic (exact) mass is 240 g/mol. The van der Waals surface area contributed by atoms with Crippen LogP contribution in [0.4, 0.5) is 0 Å². The summed E-state index contributed by atoms with van der Waals surface area (Å²) in [5, 5.41) is 3.58. The summed E-state index contributed by atoms with van der Waals surface area (Å²) >= 11 is 0. The van der Waals surface area contributed by atoms with E-state index in [1.165, 1.54) is 45.3 Å². The Kier molecular flexibility index (Phi) is 7.14. The maximum Gasteiger partial charge on any atom is 0.0110 e. The first-order chi connectivity index (χ1) is 8.09. The lowest BCUT2D eigenvalue weighted by Gasteiger charge is -2.36. The Morgan fingerprint density at radius 1 is 1.18 bits per heavy atom. The topological polar surface area (TPSA) is 15.3 Å². The molecule has 2 unspecified atom stereocenters. The Bertz CT molecular complexity index is 191. The van der Waals surface area contributed by atoms with Crippen molar-refractivity contribution < 1.29 is 0 Å². The number of rotatable bonds is 7. The van der Waals surface area contributed by atoms with Crippen molar-refractivity contribution in [3.63, 3.8) is 0 Å². The lowest BCUT2D eigenvalue weighted by atomic mass is 9.95. The molecule has 1 aliphatic heterocycles. The number of hydrogen-bond donors (Lipinski definition) is 1. The first-order valence-corrected chi connectivity index (χ1v) is 7.54. The predicted octanol–water partition coefficient (Wildman–Crippen LogP) is 3.13. The molecule has 1 N–H and O–H groups in total. The van der Waals surface area contributed by atoms with Gasteiger partial charge in [-0.15, -0.1) is 0 Å². The van der Waals surface area contributed by atoms with E-state index >= 15 is 0 Å². The van der Waals surface area contributed by atoms with Crippen molar-refractivity contribution in [1.82, 2.24) is 10.2 Å². The smallest absolute Gasteiger partial charge is 0.0110 e. The highest BCUT2D eigenvalue weighted by atomic mass is 15.2. The first kappa shape index (κ1) is 15.0. The fourth-order valence-electron chi connectivity index (χ4n) is 2.67. The second kappa shape index (κ2) is 8.10. The summed E-state index contributed by atoms with van der Waals surface area (Å²) in [5.41, 5.74) is 0. The predicted molar refractivity (Wildman–Crippen MR) is 76.4 cm³/mol. The minimum atomic E-state index is 0.795. The molecule has 102 valence electrons. The van der Waals surface area contributed by atoms with E-state index in [0.717, 1.165) is 24.4 Å². The van der Waals surface area contributed by atoms with Crippen LogP contribution in [0.5, 0.6) is 0 Å². The Balaban J connectivity index is 2.01. The fraction of sp³-hybridized carbons (Fsp3) is 1.00. The summed E-state index contributed by atoms with van der Waals surface area (Å²) in [5.74, 6) is 1.74. The average molecular weight is 240 g/mol. The van der Waals surface area contributed by atoms with Gasteiger partial charge in [-0.25, -0.2) is 0 Å². The molecule has 0 saturated carbocycles. The summed E-state index contributed by atoms with van der Waals surface area (Å²) in [6.07, 6.45) is 5.47. The van der Waals surface area contributed by atoms with E-state index in [1.807, 2.05) is 0 Å². The van der Waals surface area contributed by atoms with Crippen LogP contribution in [-0.2, 0) is 0 Å². The van der Waals surface area contributed by atoms with Gasteiger partial charge >= 0.3 is 0 Å². The average Bonchev–Trinajstić information content (AvgIpc) is 2.27. The summed E-state index contributed by atoms with van der Waals surface area (Å²) in [4.78, 5) is 2.66. The highest BCUT2D eigenvalue weighted by Gasteiger charge is 2.21. The van der Waals surface area contributed by atoms with E-state index in [1.54, 1.807) is 0 Å². The van der Waals surface area contributed by atoms with Gasteiger partial charge in [0.15, 0.2) is 0 Å². The zero-order valence-electron chi connectivity index (χ0n) is 12.3. The van der Waals surface area contributed by atoms with Gasteiger partial charge < -0.3 is 5.32 Å². The minimum Gasteiger partial charge on any atom is -0.315 e. The van der Waals surface area contributed by atoms with Crippen LogP contribution in [0.1, 0.15) is 53.4 Å². The van der Waals surface area contributed by atoms with E-state index in [4.69, 9.17) is 0 Å². The zero-order chi connectivity index (χ0) is 12.7. The quantitative estimate of drug-likeness (QED) is 0.688. The van der Waals surface area contributed by atoms with Crippen LogP contribution in [0.2, 0.25) is 0 Å². The van der Waals surface area contributed by atoms with Crippen molar-refractivity contribution in [3.8, 4) is 0 Å². The van der Waals surface area contributed by atoms with Gasteiger partial charge in [0.25, 0.3) is 0 Å². The second-order valence-corrected chi connectivity index (χ2v) is 6.31. The van der Waals surface area contributed by atoms with Gasteiger partial charge in [-0.2, -0.15) is 0 Å². The highest BCUT2D eigenvalue weighted by Crippen LogP contribution is 2.20. The van der Waals surface area contributed by atoms with E-state index in [0.29, 0.717) is 0 Å². The third-order valence-electron chi connectivity index (χ3n) is 3.96. The van der Waals surface area contributed by atoms with Gasteiger partial charge in [-0.05, 0) is 51.0 Å². The third-order valence-corrected chi connectivity index (χ3v) is 3.96. The first-order valence-electron chi connectivity index (χ1n) is 7.54. The molecule has 0 aliphatic carbocycles. The molecule has 1 rings (SSSR count). The van der Waals surface area contributed by atoms with E-state index < -0.39 is 0 Å². The van der Waals surface area contributed by atoms with Gasteiger partial charge in [0.2, 0.25) is 0 Å². The molecule has 1 aliphatic rings. The molecule has 17 heavy (non-hydrogen) atoms.